The summed E-state index contributed by atoms with van der Waals surface area (Å²) in [5.74, 6) is 0.317. The predicted octanol–water partition coefficient (Wildman–Crippen LogP) is 1.61. The number of thiazole rings is 1. The Morgan fingerprint density at radius 2 is 2.33 bits per heavy atom. The van der Waals surface area contributed by atoms with Crippen LogP contribution in [-0.4, -0.2) is 41.3 Å². The van der Waals surface area contributed by atoms with Gasteiger partial charge in [-0.05, 0) is 12.8 Å². The highest BCUT2D eigenvalue weighted by molar-refractivity contribution is 7.09. The molecule has 0 aromatic carbocycles. The topological polar surface area (TPSA) is 62.3 Å². The Kier molecular flexibility index (Phi) is 5.33. The fraction of sp³-hybridized carbons (Fsp3) is 0.667. The maximum atomic E-state index is 12.1. The van der Waals surface area contributed by atoms with E-state index >= 15 is 0 Å². The summed E-state index contributed by atoms with van der Waals surface area (Å²) in [4.78, 5) is 30.1. The number of rotatable bonds is 6. The summed E-state index contributed by atoms with van der Waals surface area (Å²) in [7, 11) is 0. The van der Waals surface area contributed by atoms with Crippen LogP contribution in [0.1, 0.15) is 31.0 Å². The molecule has 2 rings (SSSR count). The molecule has 1 aromatic heterocycles. The van der Waals surface area contributed by atoms with Crippen LogP contribution in [0.4, 0.5) is 0 Å². The number of carbonyl (C=O) groups is 2. The lowest BCUT2D eigenvalue weighted by Gasteiger charge is -2.18. The molecule has 1 aliphatic heterocycles. The Hall–Kier alpha value is -1.43. The van der Waals surface area contributed by atoms with Crippen LogP contribution in [0.5, 0.6) is 0 Å². The van der Waals surface area contributed by atoms with Gasteiger partial charge in [0, 0.05) is 37.9 Å². The van der Waals surface area contributed by atoms with E-state index in [9.17, 15) is 9.59 Å². The number of likely N-dealkylation sites (tertiary alicyclic amines) is 1. The van der Waals surface area contributed by atoms with Crippen LogP contribution in [0.15, 0.2) is 5.38 Å². The third kappa shape index (κ3) is 4.52. The molecule has 0 saturated carbocycles. The highest BCUT2D eigenvalue weighted by atomic mass is 32.1. The number of nitrogens with one attached hydrogen (secondary N) is 1. The van der Waals surface area contributed by atoms with Crippen molar-refractivity contribution in [1.29, 1.82) is 0 Å². The van der Waals surface area contributed by atoms with Crippen molar-refractivity contribution < 1.29 is 9.59 Å². The molecule has 6 heteroatoms. The third-order valence-electron chi connectivity index (χ3n) is 3.52. The molecular weight excluding hydrogens is 286 g/mol. The number of carbonyl (C=O) groups excluding carboxylic acids is 2. The van der Waals surface area contributed by atoms with E-state index in [0.717, 1.165) is 23.7 Å². The molecule has 0 aliphatic carbocycles. The van der Waals surface area contributed by atoms with Gasteiger partial charge in [0.25, 0.3) is 0 Å². The monoisotopic (exact) mass is 309 g/mol. The van der Waals surface area contributed by atoms with Crippen LogP contribution >= 0.6 is 11.3 Å². The molecule has 1 fully saturated rings. The molecule has 2 amide bonds. The average molecular weight is 309 g/mol. The van der Waals surface area contributed by atoms with Crippen molar-refractivity contribution in [2.75, 3.05) is 19.6 Å². The maximum Gasteiger partial charge on any atom is 0.225 e. The molecular formula is C15H23N3O2S. The lowest BCUT2D eigenvalue weighted by Crippen LogP contribution is -2.35. The van der Waals surface area contributed by atoms with Crippen molar-refractivity contribution >= 4 is 23.2 Å². The normalized spacial score (nSPS) is 18.6. The lowest BCUT2D eigenvalue weighted by atomic mass is 10.1. The lowest BCUT2D eigenvalue weighted by molar-refractivity contribution is -0.129. The number of amides is 2. The van der Waals surface area contributed by atoms with E-state index < -0.39 is 0 Å². The quantitative estimate of drug-likeness (QED) is 0.868. The molecule has 1 atom stereocenters. The smallest absolute Gasteiger partial charge is 0.225 e. The van der Waals surface area contributed by atoms with E-state index in [4.69, 9.17) is 0 Å². The molecule has 1 aliphatic rings. The maximum absolute atomic E-state index is 12.1. The van der Waals surface area contributed by atoms with E-state index in [1.807, 2.05) is 12.3 Å². The largest absolute Gasteiger partial charge is 0.355 e. The average Bonchev–Trinajstić information content (AvgIpc) is 2.96. The molecule has 5 nitrogen and oxygen atoms in total. The Bertz CT molecular complexity index is 513. The highest BCUT2D eigenvalue weighted by Crippen LogP contribution is 2.19. The van der Waals surface area contributed by atoms with E-state index in [1.54, 1.807) is 16.2 Å². The summed E-state index contributed by atoms with van der Waals surface area (Å²) >= 11 is 1.62. The van der Waals surface area contributed by atoms with E-state index in [-0.39, 0.29) is 17.7 Å². The van der Waals surface area contributed by atoms with Crippen molar-refractivity contribution in [2.45, 2.75) is 33.6 Å². The molecule has 0 spiro atoms. The number of aromatic nitrogens is 1. The van der Waals surface area contributed by atoms with E-state index in [0.29, 0.717) is 25.4 Å². The van der Waals surface area contributed by atoms with Crippen LogP contribution in [0, 0.1) is 18.8 Å². The highest BCUT2D eigenvalue weighted by Gasteiger charge is 2.34. The van der Waals surface area contributed by atoms with Gasteiger partial charge in [0.05, 0.1) is 16.6 Å². The summed E-state index contributed by atoms with van der Waals surface area (Å²) in [5, 5.41) is 5.99. The first-order valence-corrected chi connectivity index (χ1v) is 8.30. The fourth-order valence-corrected chi connectivity index (χ4v) is 3.19. The summed E-state index contributed by atoms with van der Waals surface area (Å²) in [6, 6.07) is 0. The molecule has 0 unspecified atom stereocenters. The number of aryl methyl sites for hydroxylation is 1. The second kappa shape index (κ2) is 7.02. The van der Waals surface area contributed by atoms with Gasteiger partial charge in [0.1, 0.15) is 0 Å². The van der Waals surface area contributed by atoms with Gasteiger partial charge < -0.3 is 10.2 Å². The first-order chi connectivity index (χ1) is 9.95. The van der Waals surface area contributed by atoms with Crippen LogP contribution in [0.3, 0.4) is 0 Å². The Labute approximate surface area is 129 Å². The molecule has 2 heterocycles. The second-order valence-electron chi connectivity index (χ2n) is 5.99. The third-order valence-corrected chi connectivity index (χ3v) is 4.34. The van der Waals surface area contributed by atoms with Crippen molar-refractivity contribution in [3.63, 3.8) is 0 Å². The Morgan fingerprint density at radius 1 is 1.57 bits per heavy atom. The minimum absolute atomic E-state index is 0.0124. The number of hydrogen-bond acceptors (Lipinski definition) is 4. The van der Waals surface area contributed by atoms with Crippen LogP contribution in [0.2, 0.25) is 0 Å². The molecule has 0 radical (unpaired) electrons. The van der Waals surface area contributed by atoms with Gasteiger partial charge in [-0.15, -0.1) is 11.3 Å². The van der Waals surface area contributed by atoms with Crippen LogP contribution in [0.25, 0.3) is 0 Å². The zero-order valence-electron chi connectivity index (χ0n) is 12.9. The van der Waals surface area contributed by atoms with Crippen molar-refractivity contribution in [3.8, 4) is 0 Å². The second-order valence-corrected chi connectivity index (χ2v) is 7.05. The summed E-state index contributed by atoms with van der Waals surface area (Å²) < 4.78 is 0. The first kappa shape index (κ1) is 15.9. The van der Waals surface area contributed by atoms with Gasteiger partial charge in [0.15, 0.2) is 0 Å². The summed E-state index contributed by atoms with van der Waals surface area (Å²) in [6.07, 6.45) is 1.08. The van der Waals surface area contributed by atoms with Crippen molar-refractivity contribution in [3.05, 3.63) is 16.1 Å². The molecule has 1 saturated heterocycles. The van der Waals surface area contributed by atoms with Gasteiger partial charge in [-0.1, -0.05) is 13.8 Å². The van der Waals surface area contributed by atoms with Crippen molar-refractivity contribution in [1.82, 2.24) is 15.2 Å². The van der Waals surface area contributed by atoms with E-state index in [2.05, 4.69) is 24.1 Å². The standard InChI is InChI=1S/C15H23N3O2S/c1-10(2)7-18-8-12(6-14(18)19)15(20)16-5-4-13-9-21-11(3)17-13/h9-10,12H,4-8H2,1-3H3,(H,16,20)/t12-/m1/s1. The van der Waals surface area contributed by atoms with Crippen LogP contribution < -0.4 is 5.32 Å². The zero-order chi connectivity index (χ0) is 15.4. The molecule has 21 heavy (non-hydrogen) atoms. The minimum Gasteiger partial charge on any atom is -0.355 e. The molecule has 1 N–H and O–H groups in total. The van der Waals surface area contributed by atoms with Gasteiger partial charge >= 0.3 is 0 Å². The summed E-state index contributed by atoms with van der Waals surface area (Å²) in [6.45, 7) is 8.00. The fourth-order valence-electron chi connectivity index (χ4n) is 2.55. The van der Waals surface area contributed by atoms with Gasteiger partial charge in [-0.25, -0.2) is 4.98 Å². The minimum atomic E-state index is -0.201. The number of hydrogen-bond donors (Lipinski definition) is 1. The van der Waals surface area contributed by atoms with Gasteiger partial charge in [-0.2, -0.15) is 0 Å². The molecule has 1 aromatic rings. The van der Waals surface area contributed by atoms with Crippen LogP contribution in [-0.2, 0) is 16.0 Å². The Balaban J connectivity index is 1.75. The molecule has 116 valence electrons. The number of nitrogens with zero attached hydrogens (tertiary/aromatic N) is 2. The Morgan fingerprint density at radius 3 is 2.95 bits per heavy atom. The van der Waals surface area contributed by atoms with Crippen molar-refractivity contribution in [2.24, 2.45) is 11.8 Å². The SMILES string of the molecule is Cc1nc(CCNC(=O)[C@@H]2CC(=O)N(CC(C)C)C2)cs1. The molecule has 0 bridgehead atoms. The van der Waals surface area contributed by atoms with Gasteiger partial charge in [0.2, 0.25) is 11.8 Å². The summed E-state index contributed by atoms with van der Waals surface area (Å²) in [5.41, 5.74) is 1.02. The zero-order valence-corrected chi connectivity index (χ0v) is 13.7. The predicted molar refractivity (Wildman–Crippen MR) is 83.1 cm³/mol. The van der Waals surface area contributed by atoms with E-state index in [1.165, 1.54) is 0 Å². The van der Waals surface area contributed by atoms with Gasteiger partial charge in [-0.3, -0.25) is 9.59 Å². The first-order valence-electron chi connectivity index (χ1n) is 7.42.